The number of aromatic nitrogens is 3. The number of rotatable bonds is 6. The van der Waals surface area contributed by atoms with Gasteiger partial charge in [-0.2, -0.15) is 0 Å². The minimum atomic E-state index is -2.75. The van der Waals surface area contributed by atoms with Gasteiger partial charge in [0.2, 0.25) is 0 Å². The summed E-state index contributed by atoms with van der Waals surface area (Å²) in [6, 6.07) is 60.1. The van der Waals surface area contributed by atoms with Gasteiger partial charge in [0.05, 0.1) is 0 Å². The average Bonchev–Trinajstić information content (AvgIpc) is 3.44. The standard InChI is InChI=1S/C46H32N3OP/c1-51(50)42-27-9-8-24-40(42)41-26-13-25-39(43(41)51)37-22-11-20-35(29-37)33-18-10-19-34(28-33)36-21-12-23-38(30-36)46-48-44(31-14-4-2-5-15-31)47-45(49-46)32-16-6-3-7-17-32/h2-30H,1H3. The summed E-state index contributed by atoms with van der Waals surface area (Å²) >= 11 is 0. The molecule has 9 rings (SSSR count). The lowest BCUT2D eigenvalue weighted by Gasteiger charge is -2.15. The number of fused-ring (bicyclic) bond motifs is 3. The fraction of sp³-hybridized carbons (Fsp3) is 0.0217. The first-order valence-electron chi connectivity index (χ1n) is 17.0. The zero-order valence-corrected chi connectivity index (χ0v) is 28.8. The Morgan fingerprint density at radius 2 is 0.725 bits per heavy atom. The Balaban J connectivity index is 1.09. The molecule has 51 heavy (non-hydrogen) atoms. The third-order valence-corrected chi connectivity index (χ3v) is 12.3. The molecule has 0 fully saturated rings. The van der Waals surface area contributed by atoms with E-state index in [0.717, 1.165) is 71.8 Å². The van der Waals surface area contributed by atoms with Crippen LogP contribution in [-0.4, -0.2) is 21.6 Å². The van der Waals surface area contributed by atoms with Crippen LogP contribution >= 0.6 is 7.14 Å². The highest BCUT2D eigenvalue weighted by Crippen LogP contribution is 2.52. The monoisotopic (exact) mass is 673 g/mol. The molecule has 7 aromatic carbocycles. The lowest BCUT2D eigenvalue weighted by atomic mass is 9.94. The SMILES string of the molecule is CP1(=O)c2ccccc2-c2cccc(-c3cccc(-c4cccc(-c5cccc(-c6nc(-c7ccccc7)nc(-c7ccccc7)n6)c5)c4)c3)c21. The summed E-state index contributed by atoms with van der Waals surface area (Å²) in [4.78, 5) is 14.7. The number of hydrogen-bond acceptors (Lipinski definition) is 4. The van der Waals surface area contributed by atoms with Crippen LogP contribution in [0.5, 0.6) is 0 Å². The van der Waals surface area contributed by atoms with E-state index in [1.165, 1.54) is 0 Å². The van der Waals surface area contributed by atoms with Crippen molar-refractivity contribution in [1.29, 1.82) is 0 Å². The molecule has 1 aromatic heterocycles. The molecule has 1 aliphatic rings. The second-order valence-electron chi connectivity index (χ2n) is 12.9. The van der Waals surface area contributed by atoms with E-state index in [9.17, 15) is 4.57 Å². The van der Waals surface area contributed by atoms with Crippen LogP contribution < -0.4 is 10.6 Å². The Morgan fingerprint density at radius 3 is 1.31 bits per heavy atom. The van der Waals surface area contributed by atoms with Gasteiger partial charge < -0.3 is 4.57 Å². The number of benzene rings is 7. The molecule has 0 amide bonds. The Hall–Kier alpha value is -6.22. The molecule has 242 valence electrons. The largest absolute Gasteiger partial charge is 0.314 e. The van der Waals surface area contributed by atoms with Gasteiger partial charge in [0, 0.05) is 27.3 Å². The third-order valence-electron chi connectivity index (χ3n) is 9.64. The Morgan fingerprint density at radius 1 is 0.353 bits per heavy atom. The zero-order valence-electron chi connectivity index (χ0n) is 27.9. The predicted molar refractivity (Wildman–Crippen MR) is 211 cm³/mol. The van der Waals surface area contributed by atoms with Crippen molar-refractivity contribution >= 4 is 17.8 Å². The summed E-state index contributed by atoms with van der Waals surface area (Å²) in [5.74, 6) is 1.90. The van der Waals surface area contributed by atoms with Crippen LogP contribution in [0.3, 0.4) is 0 Å². The molecule has 0 N–H and O–H groups in total. The van der Waals surface area contributed by atoms with Gasteiger partial charge in [-0.25, -0.2) is 15.0 Å². The molecule has 8 aromatic rings. The summed E-state index contributed by atoms with van der Waals surface area (Å²) in [7, 11) is -2.75. The van der Waals surface area contributed by atoms with E-state index in [-0.39, 0.29) is 0 Å². The van der Waals surface area contributed by atoms with E-state index in [2.05, 4.69) is 97.1 Å². The summed E-state index contributed by atoms with van der Waals surface area (Å²) in [6.45, 7) is 1.91. The van der Waals surface area contributed by atoms with Crippen LogP contribution in [0.2, 0.25) is 0 Å². The summed E-state index contributed by atoms with van der Waals surface area (Å²) < 4.78 is 14.3. The highest BCUT2D eigenvalue weighted by molar-refractivity contribution is 7.79. The molecule has 0 saturated carbocycles. The average molecular weight is 674 g/mol. The summed E-state index contributed by atoms with van der Waals surface area (Å²) in [6.07, 6.45) is 0. The lowest BCUT2D eigenvalue weighted by Crippen LogP contribution is -2.11. The quantitative estimate of drug-likeness (QED) is 0.165. The molecular weight excluding hydrogens is 642 g/mol. The molecule has 2 heterocycles. The Kier molecular flexibility index (Phi) is 7.60. The van der Waals surface area contributed by atoms with E-state index < -0.39 is 7.14 Å². The van der Waals surface area contributed by atoms with E-state index in [1.54, 1.807) is 0 Å². The summed E-state index contributed by atoms with van der Waals surface area (Å²) in [5.41, 5.74) is 11.4. The van der Waals surface area contributed by atoms with E-state index >= 15 is 0 Å². The van der Waals surface area contributed by atoms with Gasteiger partial charge in [-0.1, -0.05) is 158 Å². The van der Waals surface area contributed by atoms with Crippen molar-refractivity contribution in [3.8, 4) is 78.7 Å². The molecular formula is C46H32N3OP. The van der Waals surface area contributed by atoms with Crippen LogP contribution in [0.1, 0.15) is 0 Å². The lowest BCUT2D eigenvalue weighted by molar-refractivity contribution is 0.591. The van der Waals surface area contributed by atoms with Crippen molar-refractivity contribution < 1.29 is 4.57 Å². The molecule has 0 spiro atoms. The molecule has 1 atom stereocenters. The van der Waals surface area contributed by atoms with Crippen molar-refractivity contribution in [2.75, 3.05) is 6.66 Å². The predicted octanol–water partition coefficient (Wildman–Crippen LogP) is 10.8. The van der Waals surface area contributed by atoms with Crippen LogP contribution in [0.4, 0.5) is 0 Å². The fourth-order valence-corrected chi connectivity index (χ4v) is 9.75. The molecule has 4 nitrogen and oxygen atoms in total. The van der Waals surface area contributed by atoms with Gasteiger partial charge in [0.1, 0.15) is 7.14 Å². The first kappa shape index (κ1) is 30.8. The summed E-state index contributed by atoms with van der Waals surface area (Å²) in [5, 5.41) is 1.90. The Bertz CT molecular complexity index is 2580. The van der Waals surface area contributed by atoms with E-state index in [4.69, 9.17) is 15.0 Å². The fourth-order valence-electron chi connectivity index (χ4n) is 7.17. The maximum Gasteiger partial charge on any atom is 0.164 e. The van der Waals surface area contributed by atoms with Crippen molar-refractivity contribution in [3.63, 3.8) is 0 Å². The number of nitrogens with zero attached hydrogens (tertiary/aromatic N) is 3. The van der Waals surface area contributed by atoms with Crippen LogP contribution in [0, 0.1) is 0 Å². The van der Waals surface area contributed by atoms with Gasteiger partial charge in [-0.15, -0.1) is 0 Å². The van der Waals surface area contributed by atoms with Gasteiger partial charge in [0.15, 0.2) is 17.5 Å². The minimum Gasteiger partial charge on any atom is -0.314 e. The molecule has 0 saturated heterocycles. The van der Waals surface area contributed by atoms with Crippen LogP contribution in [-0.2, 0) is 4.57 Å². The highest BCUT2D eigenvalue weighted by atomic mass is 31.2. The molecule has 0 radical (unpaired) electrons. The third kappa shape index (κ3) is 5.60. The van der Waals surface area contributed by atoms with Crippen LogP contribution in [0.15, 0.2) is 176 Å². The normalized spacial score (nSPS) is 14.5. The first-order valence-corrected chi connectivity index (χ1v) is 19.2. The van der Waals surface area contributed by atoms with E-state index in [1.807, 2.05) is 85.5 Å². The smallest absolute Gasteiger partial charge is 0.164 e. The Labute approximate surface area is 297 Å². The molecule has 0 aliphatic carbocycles. The van der Waals surface area contributed by atoms with Gasteiger partial charge in [0.25, 0.3) is 0 Å². The maximum atomic E-state index is 14.3. The second-order valence-corrected chi connectivity index (χ2v) is 15.7. The van der Waals surface area contributed by atoms with Crippen molar-refractivity contribution in [1.82, 2.24) is 15.0 Å². The van der Waals surface area contributed by atoms with Gasteiger partial charge >= 0.3 is 0 Å². The second kappa shape index (κ2) is 12.6. The van der Waals surface area contributed by atoms with Crippen molar-refractivity contribution in [2.24, 2.45) is 0 Å². The van der Waals surface area contributed by atoms with Crippen LogP contribution in [0.25, 0.3) is 78.7 Å². The van der Waals surface area contributed by atoms with Gasteiger partial charge in [-0.3, -0.25) is 0 Å². The molecule has 5 heteroatoms. The minimum absolute atomic E-state index is 0.624. The maximum absolute atomic E-state index is 14.3. The first-order chi connectivity index (χ1) is 25.0. The number of hydrogen-bond donors (Lipinski definition) is 0. The van der Waals surface area contributed by atoms with E-state index in [0.29, 0.717) is 17.5 Å². The van der Waals surface area contributed by atoms with Crippen molar-refractivity contribution in [3.05, 3.63) is 176 Å². The molecule has 1 unspecified atom stereocenters. The van der Waals surface area contributed by atoms with Crippen molar-refractivity contribution in [2.45, 2.75) is 0 Å². The van der Waals surface area contributed by atoms with Gasteiger partial charge in [-0.05, 0) is 69.4 Å². The zero-order chi connectivity index (χ0) is 34.4. The highest BCUT2D eigenvalue weighted by Gasteiger charge is 2.36. The molecule has 1 aliphatic heterocycles. The topological polar surface area (TPSA) is 55.7 Å². The molecule has 0 bridgehead atoms.